The van der Waals surface area contributed by atoms with Crippen LogP contribution in [0.2, 0.25) is 0 Å². The zero-order valence-corrected chi connectivity index (χ0v) is 14.2. The number of carbonyl (C=O) groups excluding carboxylic acids is 1. The Morgan fingerprint density at radius 1 is 1.04 bits per heavy atom. The van der Waals surface area contributed by atoms with Crippen molar-refractivity contribution in [2.45, 2.75) is 5.37 Å². The van der Waals surface area contributed by atoms with Gasteiger partial charge in [0.25, 0.3) is 10.0 Å². The molecule has 2 aromatic rings. The highest BCUT2D eigenvalue weighted by Crippen LogP contribution is 2.20. The number of halogens is 2. The van der Waals surface area contributed by atoms with E-state index in [-0.39, 0.29) is 12.2 Å². The summed E-state index contributed by atoms with van der Waals surface area (Å²) < 4.78 is 54.0. The molecule has 26 heavy (non-hydrogen) atoms. The molecule has 7 nitrogen and oxygen atoms in total. The second-order valence-corrected chi connectivity index (χ2v) is 7.51. The fourth-order valence-corrected chi connectivity index (χ4v) is 4.08. The normalized spacial score (nSPS) is 19.9. The molecule has 138 valence electrons. The molecule has 0 aliphatic carbocycles. The van der Waals surface area contributed by atoms with Crippen LogP contribution in [0, 0.1) is 17.6 Å². The summed E-state index contributed by atoms with van der Waals surface area (Å²) in [5, 5.41) is 1.08. The van der Waals surface area contributed by atoms with Crippen molar-refractivity contribution in [2.75, 3.05) is 16.6 Å². The molecule has 1 fully saturated rings. The van der Waals surface area contributed by atoms with Crippen LogP contribution in [0.3, 0.4) is 0 Å². The predicted molar refractivity (Wildman–Crippen MR) is 92.4 cm³/mol. The van der Waals surface area contributed by atoms with Crippen molar-refractivity contribution in [2.24, 2.45) is 5.92 Å². The molecule has 0 aromatic heterocycles. The maximum Gasteiger partial charge on any atom is 0.250 e. The first-order valence-corrected chi connectivity index (χ1v) is 9.22. The molecule has 3 rings (SSSR count). The maximum atomic E-state index is 13.2. The molecule has 2 atom stereocenters. The van der Waals surface area contributed by atoms with Crippen molar-refractivity contribution < 1.29 is 22.0 Å². The van der Waals surface area contributed by atoms with Crippen LogP contribution in [0.25, 0.3) is 0 Å². The van der Waals surface area contributed by atoms with E-state index in [9.17, 15) is 22.0 Å². The molecule has 0 bridgehead atoms. The lowest BCUT2D eigenvalue weighted by atomic mass is 10.1. The van der Waals surface area contributed by atoms with E-state index >= 15 is 0 Å². The van der Waals surface area contributed by atoms with Crippen molar-refractivity contribution in [1.29, 1.82) is 0 Å². The van der Waals surface area contributed by atoms with Crippen molar-refractivity contribution in [3.63, 3.8) is 0 Å². The van der Waals surface area contributed by atoms with Crippen LogP contribution >= 0.6 is 0 Å². The predicted octanol–water partition coefficient (Wildman–Crippen LogP) is 1.40. The second kappa shape index (κ2) is 7.36. The van der Waals surface area contributed by atoms with E-state index in [2.05, 4.69) is 20.9 Å². The number of sulfonamides is 1. The summed E-state index contributed by atoms with van der Waals surface area (Å²) in [4.78, 5) is 12.4. The van der Waals surface area contributed by atoms with Gasteiger partial charge in [-0.25, -0.2) is 22.6 Å². The monoisotopic (exact) mass is 382 g/mol. The molecule has 10 heteroatoms. The molecule has 2 unspecified atom stereocenters. The number of rotatable bonds is 5. The van der Waals surface area contributed by atoms with Crippen molar-refractivity contribution in [1.82, 2.24) is 10.9 Å². The number of amides is 1. The Hall–Kier alpha value is -2.56. The van der Waals surface area contributed by atoms with E-state index in [0.717, 1.165) is 12.1 Å². The standard InChI is InChI=1S/C16H16F2N4O3S/c17-10-6-11(18)8-13(7-10)20-15(23)14-9-19-21-16(14)26(24,25)22-12-4-2-1-3-5-12/h1-8,14,16,19,21-22H,9H2,(H,20,23). The number of hydrogen-bond acceptors (Lipinski definition) is 5. The Kier molecular flexibility index (Phi) is 5.16. The highest BCUT2D eigenvalue weighted by molar-refractivity contribution is 7.93. The third-order valence-corrected chi connectivity index (χ3v) is 5.40. The zero-order valence-electron chi connectivity index (χ0n) is 13.4. The molecule has 1 aliphatic heterocycles. The fourth-order valence-electron chi connectivity index (χ4n) is 2.60. The van der Waals surface area contributed by atoms with Crippen LogP contribution < -0.4 is 20.9 Å². The minimum absolute atomic E-state index is 0.0317. The number of hydrazine groups is 1. The number of hydrogen-bond donors (Lipinski definition) is 4. The molecule has 1 heterocycles. The van der Waals surface area contributed by atoms with Gasteiger partial charge in [-0.05, 0) is 24.3 Å². The lowest BCUT2D eigenvalue weighted by Gasteiger charge is -2.19. The van der Waals surface area contributed by atoms with Crippen molar-refractivity contribution in [3.05, 3.63) is 60.2 Å². The lowest BCUT2D eigenvalue weighted by Crippen LogP contribution is -2.45. The van der Waals surface area contributed by atoms with Gasteiger partial charge in [-0.2, -0.15) is 0 Å². The third-order valence-electron chi connectivity index (χ3n) is 3.77. The molecule has 0 radical (unpaired) electrons. The van der Waals surface area contributed by atoms with E-state index in [1.807, 2.05) is 0 Å². The summed E-state index contributed by atoms with van der Waals surface area (Å²) in [5.74, 6) is -3.39. The second-order valence-electron chi connectivity index (χ2n) is 5.71. The van der Waals surface area contributed by atoms with Crippen LogP contribution in [0.15, 0.2) is 48.5 Å². The van der Waals surface area contributed by atoms with Crippen LogP contribution in [0.4, 0.5) is 20.2 Å². The average Bonchev–Trinajstić information content (AvgIpc) is 3.05. The first kappa shape index (κ1) is 18.2. The summed E-state index contributed by atoms with van der Waals surface area (Å²) in [6.07, 6.45) is 0. The summed E-state index contributed by atoms with van der Waals surface area (Å²) in [5.41, 5.74) is 5.44. The van der Waals surface area contributed by atoms with Gasteiger partial charge >= 0.3 is 0 Å². The van der Waals surface area contributed by atoms with Crippen molar-refractivity contribution in [3.8, 4) is 0 Å². The average molecular weight is 382 g/mol. The number of nitrogens with one attached hydrogen (secondary N) is 4. The SMILES string of the molecule is O=C(Nc1cc(F)cc(F)c1)C1CNNC1S(=O)(=O)Nc1ccccc1. The van der Waals surface area contributed by atoms with Gasteiger partial charge in [0.05, 0.1) is 5.92 Å². The maximum absolute atomic E-state index is 13.2. The largest absolute Gasteiger partial charge is 0.326 e. The highest BCUT2D eigenvalue weighted by atomic mass is 32.2. The molecule has 0 saturated carbocycles. The number of benzene rings is 2. The minimum Gasteiger partial charge on any atom is -0.326 e. The Balaban J connectivity index is 1.75. The Morgan fingerprint density at radius 2 is 1.69 bits per heavy atom. The fraction of sp³-hybridized carbons (Fsp3) is 0.188. The van der Waals surface area contributed by atoms with Gasteiger partial charge in [0, 0.05) is 24.0 Å². The Bertz CT molecular complexity index is 889. The van der Waals surface area contributed by atoms with Crippen LogP contribution in [-0.4, -0.2) is 26.2 Å². The third kappa shape index (κ3) is 4.15. The van der Waals surface area contributed by atoms with E-state index in [0.29, 0.717) is 11.8 Å². The Labute approximate surface area is 148 Å². The zero-order chi connectivity index (χ0) is 18.7. The smallest absolute Gasteiger partial charge is 0.250 e. The molecule has 1 saturated heterocycles. The minimum atomic E-state index is -3.95. The number of carbonyl (C=O) groups is 1. The van der Waals surface area contributed by atoms with E-state index < -0.39 is 38.9 Å². The molecule has 0 spiro atoms. The Morgan fingerprint density at radius 3 is 2.35 bits per heavy atom. The topological polar surface area (TPSA) is 99.3 Å². The van der Waals surface area contributed by atoms with E-state index in [1.165, 1.54) is 0 Å². The summed E-state index contributed by atoms with van der Waals surface area (Å²) >= 11 is 0. The van der Waals surface area contributed by atoms with Crippen LogP contribution in [0.1, 0.15) is 0 Å². The van der Waals surface area contributed by atoms with Gasteiger partial charge in [-0.1, -0.05) is 18.2 Å². The summed E-state index contributed by atoms with van der Waals surface area (Å²) in [6.45, 7) is 0.0317. The van der Waals surface area contributed by atoms with Crippen LogP contribution in [-0.2, 0) is 14.8 Å². The first-order chi connectivity index (χ1) is 12.3. The molecular formula is C16H16F2N4O3S. The van der Waals surface area contributed by atoms with E-state index in [4.69, 9.17) is 0 Å². The lowest BCUT2D eigenvalue weighted by molar-refractivity contribution is -0.119. The highest BCUT2D eigenvalue weighted by Gasteiger charge is 2.42. The molecular weight excluding hydrogens is 366 g/mol. The first-order valence-electron chi connectivity index (χ1n) is 7.67. The number of anilines is 2. The molecule has 4 N–H and O–H groups in total. The van der Waals surface area contributed by atoms with Gasteiger partial charge in [0.15, 0.2) is 5.37 Å². The van der Waals surface area contributed by atoms with Crippen molar-refractivity contribution >= 4 is 27.3 Å². The van der Waals surface area contributed by atoms with Gasteiger partial charge in [0.1, 0.15) is 11.6 Å². The summed E-state index contributed by atoms with van der Waals surface area (Å²) in [7, 11) is -3.95. The van der Waals surface area contributed by atoms with Gasteiger partial charge < -0.3 is 5.32 Å². The molecule has 1 amide bonds. The van der Waals surface area contributed by atoms with E-state index in [1.54, 1.807) is 30.3 Å². The summed E-state index contributed by atoms with van der Waals surface area (Å²) in [6, 6.07) is 10.8. The molecule has 1 aliphatic rings. The number of para-hydroxylation sites is 1. The van der Waals surface area contributed by atoms with Gasteiger partial charge in [0.2, 0.25) is 5.91 Å². The van der Waals surface area contributed by atoms with Gasteiger partial charge in [-0.3, -0.25) is 14.9 Å². The van der Waals surface area contributed by atoms with Crippen LogP contribution in [0.5, 0.6) is 0 Å². The molecule has 2 aromatic carbocycles. The van der Waals surface area contributed by atoms with Gasteiger partial charge in [-0.15, -0.1) is 0 Å². The quantitative estimate of drug-likeness (QED) is 0.627.